The van der Waals surface area contributed by atoms with Crippen molar-refractivity contribution in [3.8, 4) is 0 Å². The van der Waals surface area contributed by atoms with Gasteiger partial charge < -0.3 is 5.73 Å². The van der Waals surface area contributed by atoms with Crippen molar-refractivity contribution in [2.24, 2.45) is 11.1 Å². The zero-order valence-corrected chi connectivity index (χ0v) is 11.5. The quantitative estimate of drug-likeness (QED) is 0.478. The molecule has 0 bridgehead atoms. The minimum atomic E-state index is -0.146. The molecule has 0 aliphatic heterocycles. The average Bonchev–Trinajstić information content (AvgIpc) is 1.62. The predicted octanol–water partition coefficient (Wildman–Crippen LogP) is -1.64. The lowest BCUT2D eigenvalue weighted by molar-refractivity contribution is -0.120. The van der Waals surface area contributed by atoms with Gasteiger partial charge in [-0.2, -0.15) is 0 Å². The maximum Gasteiger partial charge on any atom is 0.216 e. The van der Waals surface area contributed by atoms with Crippen LogP contribution in [0.4, 0.5) is 0 Å². The molecule has 0 heterocycles. The summed E-state index contributed by atoms with van der Waals surface area (Å²) in [4.78, 5) is 11.0. The van der Waals surface area contributed by atoms with Gasteiger partial charge in [0.15, 0.2) is 0 Å². The Balaban J connectivity index is 4.57. The Labute approximate surface area is 68.4 Å². The SMILES string of the molecule is CC(C)(C)C([SiH3])([SiH3])C(N)=O. The van der Waals surface area contributed by atoms with Gasteiger partial charge in [-0.1, -0.05) is 20.8 Å². The molecule has 0 saturated carbocycles. The summed E-state index contributed by atoms with van der Waals surface area (Å²) in [5, 5.41) is 0. The molecule has 0 radical (unpaired) electrons. The molecule has 0 atom stereocenters. The lowest BCUT2D eigenvalue weighted by Crippen LogP contribution is -2.41. The van der Waals surface area contributed by atoms with Crippen molar-refractivity contribution in [2.75, 3.05) is 0 Å². The van der Waals surface area contributed by atoms with E-state index >= 15 is 0 Å². The van der Waals surface area contributed by atoms with Gasteiger partial charge >= 0.3 is 0 Å². The molecule has 0 saturated heterocycles. The predicted molar refractivity (Wildman–Crippen MR) is 51.2 cm³/mol. The van der Waals surface area contributed by atoms with E-state index in [1.165, 1.54) is 0 Å². The molecule has 60 valence electrons. The third kappa shape index (κ3) is 1.70. The standard InChI is InChI=1S/C6H17NOSi2/c1-5(2,3)6(9,10)4(7)8/h1-3,9-10H3,(H2,7,8). The van der Waals surface area contributed by atoms with Crippen molar-refractivity contribution < 1.29 is 4.79 Å². The van der Waals surface area contributed by atoms with E-state index in [0.717, 1.165) is 20.5 Å². The Morgan fingerprint density at radius 2 is 1.60 bits per heavy atom. The van der Waals surface area contributed by atoms with Crippen LogP contribution in [-0.4, -0.2) is 26.4 Å². The highest BCUT2D eigenvalue weighted by molar-refractivity contribution is 6.51. The number of hydrogen-bond donors (Lipinski definition) is 1. The Bertz CT molecular complexity index is 148. The Kier molecular flexibility index (Phi) is 2.48. The second kappa shape index (κ2) is 2.50. The molecule has 2 nitrogen and oxygen atoms in total. The normalized spacial score (nSPS) is 18.7. The van der Waals surface area contributed by atoms with Gasteiger partial charge in [0.2, 0.25) is 5.91 Å². The molecular weight excluding hydrogens is 158 g/mol. The highest BCUT2D eigenvalue weighted by atomic mass is 28.2. The lowest BCUT2D eigenvalue weighted by Gasteiger charge is -2.35. The number of carbonyl (C=O) groups is 1. The summed E-state index contributed by atoms with van der Waals surface area (Å²) >= 11 is 0. The summed E-state index contributed by atoms with van der Waals surface area (Å²) in [7, 11) is 1.76. The van der Waals surface area contributed by atoms with Crippen molar-refractivity contribution in [3.05, 3.63) is 0 Å². The second-order valence-electron chi connectivity index (χ2n) is 4.24. The molecular formula is C6H17NOSi2. The van der Waals surface area contributed by atoms with Gasteiger partial charge in [-0.25, -0.2) is 0 Å². The van der Waals surface area contributed by atoms with E-state index in [4.69, 9.17) is 5.73 Å². The average molecular weight is 175 g/mol. The van der Waals surface area contributed by atoms with E-state index in [1.54, 1.807) is 0 Å². The Hall–Kier alpha value is -0.0962. The fraction of sp³-hybridized carbons (Fsp3) is 0.833. The molecule has 0 unspecified atom stereocenters. The molecule has 0 spiro atoms. The number of nitrogens with two attached hydrogens (primary N) is 1. The first-order valence-electron chi connectivity index (χ1n) is 3.49. The number of primary amides is 1. The van der Waals surface area contributed by atoms with Crippen LogP contribution in [0, 0.1) is 5.41 Å². The summed E-state index contributed by atoms with van der Waals surface area (Å²) in [6, 6.07) is 0. The number of hydrogen-bond acceptors (Lipinski definition) is 1. The van der Waals surface area contributed by atoms with Crippen LogP contribution in [0.1, 0.15) is 20.8 Å². The van der Waals surface area contributed by atoms with Gasteiger partial charge in [0.25, 0.3) is 0 Å². The van der Waals surface area contributed by atoms with Crippen LogP contribution >= 0.6 is 0 Å². The van der Waals surface area contributed by atoms with Crippen LogP contribution in [0.15, 0.2) is 0 Å². The molecule has 2 N–H and O–H groups in total. The first kappa shape index (κ1) is 9.90. The third-order valence-electron chi connectivity index (χ3n) is 2.49. The molecule has 0 aromatic rings. The molecule has 0 aromatic heterocycles. The highest BCUT2D eigenvalue weighted by Gasteiger charge is 2.37. The minimum Gasteiger partial charge on any atom is -0.370 e. The molecule has 10 heavy (non-hydrogen) atoms. The summed E-state index contributed by atoms with van der Waals surface area (Å²) in [6.07, 6.45) is 0. The minimum absolute atomic E-state index is 0.0667. The molecule has 0 fully saturated rings. The zero-order valence-electron chi connectivity index (χ0n) is 7.49. The smallest absolute Gasteiger partial charge is 0.216 e. The summed E-state index contributed by atoms with van der Waals surface area (Å²) in [5.74, 6) is -0.113. The molecule has 0 aliphatic rings. The van der Waals surface area contributed by atoms with Crippen LogP contribution in [0.25, 0.3) is 0 Å². The van der Waals surface area contributed by atoms with E-state index in [1.807, 2.05) is 0 Å². The molecule has 4 heteroatoms. The second-order valence-corrected chi connectivity index (χ2v) is 10.2. The number of rotatable bonds is 1. The van der Waals surface area contributed by atoms with Crippen LogP contribution < -0.4 is 5.73 Å². The Morgan fingerprint density at radius 1 is 1.30 bits per heavy atom. The topological polar surface area (TPSA) is 43.1 Å². The summed E-state index contributed by atoms with van der Waals surface area (Å²) in [5.41, 5.74) is 5.35. The van der Waals surface area contributed by atoms with Gasteiger partial charge in [-0.3, -0.25) is 4.79 Å². The van der Waals surface area contributed by atoms with E-state index in [2.05, 4.69) is 20.8 Å². The van der Waals surface area contributed by atoms with Gasteiger partial charge in [-0.15, -0.1) is 0 Å². The largest absolute Gasteiger partial charge is 0.370 e. The number of carbonyl (C=O) groups excluding carboxylic acids is 1. The lowest BCUT2D eigenvalue weighted by atomic mass is 9.90. The van der Waals surface area contributed by atoms with E-state index in [-0.39, 0.29) is 16.0 Å². The van der Waals surface area contributed by atoms with Crippen LogP contribution in [0.3, 0.4) is 0 Å². The van der Waals surface area contributed by atoms with Crippen LogP contribution in [0.2, 0.25) is 4.66 Å². The van der Waals surface area contributed by atoms with Gasteiger partial charge in [0, 0.05) is 25.1 Å². The maximum atomic E-state index is 11.0. The Morgan fingerprint density at radius 3 is 1.60 bits per heavy atom. The fourth-order valence-electron chi connectivity index (χ4n) is 0.370. The van der Waals surface area contributed by atoms with Crippen LogP contribution in [-0.2, 0) is 4.79 Å². The number of amides is 1. The van der Waals surface area contributed by atoms with Crippen molar-refractivity contribution >= 4 is 26.4 Å². The van der Waals surface area contributed by atoms with Gasteiger partial charge in [0.1, 0.15) is 0 Å². The molecule has 0 rings (SSSR count). The molecule has 0 aliphatic carbocycles. The molecule has 0 aromatic carbocycles. The van der Waals surface area contributed by atoms with Crippen LogP contribution in [0.5, 0.6) is 0 Å². The fourth-order valence-corrected chi connectivity index (χ4v) is 0.370. The van der Waals surface area contributed by atoms with Crippen molar-refractivity contribution in [2.45, 2.75) is 25.4 Å². The van der Waals surface area contributed by atoms with E-state index in [0.29, 0.717) is 0 Å². The van der Waals surface area contributed by atoms with Crippen molar-refractivity contribution in [1.82, 2.24) is 0 Å². The maximum absolute atomic E-state index is 11.0. The third-order valence-corrected chi connectivity index (χ3v) is 6.48. The first-order chi connectivity index (χ1) is 4.19. The van der Waals surface area contributed by atoms with Gasteiger partial charge in [-0.05, 0) is 5.41 Å². The van der Waals surface area contributed by atoms with E-state index in [9.17, 15) is 4.79 Å². The highest BCUT2D eigenvalue weighted by Crippen LogP contribution is 2.38. The summed E-state index contributed by atoms with van der Waals surface area (Å²) in [6.45, 7) is 6.24. The van der Waals surface area contributed by atoms with Crippen molar-refractivity contribution in [3.63, 3.8) is 0 Å². The monoisotopic (exact) mass is 175 g/mol. The van der Waals surface area contributed by atoms with Crippen molar-refractivity contribution in [1.29, 1.82) is 0 Å². The first-order valence-corrected chi connectivity index (χ1v) is 5.49. The van der Waals surface area contributed by atoms with Gasteiger partial charge in [0.05, 0.1) is 0 Å². The summed E-state index contributed by atoms with van der Waals surface area (Å²) < 4.78 is -0.146. The molecule has 1 amide bonds. The van der Waals surface area contributed by atoms with E-state index < -0.39 is 0 Å². The zero-order chi connectivity index (χ0) is 8.58.